The minimum atomic E-state index is -0.368. The zero-order valence-electron chi connectivity index (χ0n) is 15.7. The summed E-state index contributed by atoms with van der Waals surface area (Å²) in [5.41, 5.74) is 1.53. The van der Waals surface area contributed by atoms with Gasteiger partial charge in [0.15, 0.2) is 5.16 Å². The quantitative estimate of drug-likeness (QED) is 0.602. The predicted octanol–water partition coefficient (Wildman–Crippen LogP) is 4.33. The van der Waals surface area contributed by atoms with Gasteiger partial charge in [0.2, 0.25) is 11.8 Å². The zero-order chi connectivity index (χ0) is 20.4. The average Bonchev–Trinajstić information content (AvgIpc) is 3.30. The fourth-order valence-corrected chi connectivity index (χ4v) is 4.23. The number of carbonyl (C=O) groups is 2. The van der Waals surface area contributed by atoms with Crippen molar-refractivity contribution in [2.75, 3.05) is 16.8 Å². The lowest BCUT2D eigenvalue weighted by Crippen LogP contribution is -2.28. The monoisotopic (exact) mass is 470 g/mol. The number of nitrogens with zero attached hydrogens (tertiary/aromatic N) is 3. The first-order valence-corrected chi connectivity index (χ1v) is 10.7. The van der Waals surface area contributed by atoms with Crippen LogP contribution in [0.15, 0.2) is 75.4 Å². The van der Waals surface area contributed by atoms with Gasteiger partial charge in [0, 0.05) is 53.1 Å². The summed E-state index contributed by atoms with van der Waals surface area (Å²) >= 11 is 4.95. The van der Waals surface area contributed by atoms with Crippen molar-refractivity contribution in [3.05, 3.63) is 65.4 Å². The average molecular weight is 471 g/mol. The van der Waals surface area contributed by atoms with Crippen LogP contribution in [0.5, 0.6) is 0 Å². The van der Waals surface area contributed by atoms with Gasteiger partial charge in [-0.3, -0.25) is 9.59 Å². The summed E-state index contributed by atoms with van der Waals surface area (Å²) in [7, 11) is 1.95. The maximum Gasteiger partial charge on any atom is 0.229 e. The number of carbonyl (C=O) groups excluding carboxylic acids is 2. The van der Waals surface area contributed by atoms with Crippen molar-refractivity contribution in [1.82, 2.24) is 9.55 Å². The van der Waals surface area contributed by atoms with Gasteiger partial charge in [-0.1, -0.05) is 27.7 Å². The van der Waals surface area contributed by atoms with Crippen LogP contribution in [0.25, 0.3) is 0 Å². The minimum absolute atomic E-state index is 0.0331. The first-order valence-electron chi connectivity index (χ1n) is 9.11. The highest BCUT2D eigenvalue weighted by molar-refractivity contribution is 9.10. The summed E-state index contributed by atoms with van der Waals surface area (Å²) in [4.78, 5) is 32.0. The molecule has 8 heteroatoms. The minimum Gasteiger partial charge on any atom is -0.329 e. The van der Waals surface area contributed by atoms with Crippen molar-refractivity contribution in [2.45, 2.75) is 16.5 Å². The highest BCUT2D eigenvalue weighted by Gasteiger charge is 2.35. The van der Waals surface area contributed by atoms with Crippen LogP contribution in [0.3, 0.4) is 0 Å². The summed E-state index contributed by atoms with van der Waals surface area (Å²) in [6, 6.07) is 15.2. The molecule has 1 aromatic heterocycles. The Balaban J connectivity index is 1.37. The van der Waals surface area contributed by atoms with Crippen molar-refractivity contribution in [3.8, 4) is 0 Å². The molecular weight excluding hydrogens is 452 g/mol. The molecule has 1 unspecified atom stereocenters. The van der Waals surface area contributed by atoms with Gasteiger partial charge in [-0.05, 0) is 48.5 Å². The third kappa shape index (κ3) is 4.54. The van der Waals surface area contributed by atoms with Crippen LogP contribution in [-0.2, 0) is 16.6 Å². The van der Waals surface area contributed by atoms with Crippen LogP contribution in [0, 0.1) is 5.92 Å². The smallest absolute Gasteiger partial charge is 0.229 e. The number of rotatable bonds is 5. The molecule has 2 heterocycles. The zero-order valence-corrected chi connectivity index (χ0v) is 18.1. The first-order chi connectivity index (χ1) is 14.0. The Labute approximate surface area is 181 Å². The Morgan fingerprint density at radius 1 is 1.17 bits per heavy atom. The number of anilines is 2. The maximum absolute atomic E-state index is 12.7. The predicted molar refractivity (Wildman–Crippen MR) is 117 cm³/mol. The molecular formula is C21H19BrN4O2S. The van der Waals surface area contributed by atoms with Gasteiger partial charge in [0.25, 0.3) is 0 Å². The molecule has 1 atom stereocenters. The van der Waals surface area contributed by atoms with Gasteiger partial charge in [0.1, 0.15) is 0 Å². The second-order valence-electron chi connectivity index (χ2n) is 6.82. The van der Waals surface area contributed by atoms with Crippen molar-refractivity contribution in [2.24, 2.45) is 13.0 Å². The lowest BCUT2D eigenvalue weighted by Gasteiger charge is -2.17. The standard InChI is InChI=1S/C21H19BrN4O2S/c1-25-11-10-23-21(25)29-18-8-4-16(5-9-18)24-20(28)14-12-19(27)26(13-14)17-6-2-15(22)3-7-17/h2-11,14H,12-13H2,1H3,(H,24,28). The molecule has 29 heavy (non-hydrogen) atoms. The number of imidazole rings is 1. The molecule has 0 saturated carbocycles. The number of aryl methyl sites for hydroxylation is 1. The number of nitrogens with one attached hydrogen (secondary N) is 1. The number of hydrogen-bond donors (Lipinski definition) is 1. The Kier molecular flexibility index (Phi) is 5.73. The number of aromatic nitrogens is 2. The Morgan fingerprint density at radius 2 is 1.90 bits per heavy atom. The van der Waals surface area contributed by atoms with E-state index in [0.29, 0.717) is 12.2 Å². The fourth-order valence-electron chi connectivity index (χ4n) is 3.16. The van der Waals surface area contributed by atoms with Gasteiger partial charge in [-0.15, -0.1) is 0 Å². The first kappa shape index (κ1) is 19.7. The van der Waals surface area contributed by atoms with Crippen LogP contribution in [0.2, 0.25) is 0 Å². The molecule has 0 aliphatic carbocycles. The molecule has 1 fully saturated rings. The molecule has 0 spiro atoms. The molecule has 4 rings (SSSR count). The number of benzene rings is 2. The topological polar surface area (TPSA) is 67.2 Å². The fraction of sp³-hybridized carbons (Fsp3) is 0.190. The van der Waals surface area contributed by atoms with Gasteiger partial charge < -0.3 is 14.8 Å². The van der Waals surface area contributed by atoms with E-state index in [1.807, 2.05) is 66.3 Å². The third-order valence-corrected chi connectivity index (χ3v) is 6.35. The van der Waals surface area contributed by atoms with Crippen molar-refractivity contribution >= 4 is 50.9 Å². The molecule has 148 valence electrons. The number of amides is 2. The van der Waals surface area contributed by atoms with Gasteiger partial charge >= 0.3 is 0 Å². The highest BCUT2D eigenvalue weighted by Crippen LogP contribution is 2.29. The molecule has 2 amide bonds. The third-order valence-electron chi connectivity index (χ3n) is 4.74. The molecule has 1 aliphatic heterocycles. The van der Waals surface area contributed by atoms with E-state index in [9.17, 15) is 9.59 Å². The van der Waals surface area contributed by atoms with Gasteiger partial charge in [0.05, 0.1) is 5.92 Å². The maximum atomic E-state index is 12.7. The van der Waals surface area contributed by atoms with E-state index >= 15 is 0 Å². The molecule has 3 aromatic rings. The highest BCUT2D eigenvalue weighted by atomic mass is 79.9. The van der Waals surface area contributed by atoms with E-state index in [0.717, 1.165) is 20.2 Å². The number of halogens is 1. The van der Waals surface area contributed by atoms with E-state index in [4.69, 9.17) is 0 Å². The Hall–Kier alpha value is -2.58. The summed E-state index contributed by atoms with van der Waals surface area (Å²) in [5.74, 6) is -0.537. The number of hydrogen-bond acceptors (Lipinski definition) is 4. The molecule has 2 aromatic carbocycles. The molecule has 1 N–H and O–H groups in total. The Morgan fingerprint density at radius 3 is 2.55 bits per heavy atom. The van der Waals surface area contributed by atoms with E-state index in [-0.39, 0.29) is 24.2 Å². The Bertz CT molecular complexity index is 1030. The summed E-state index contributed by atoms with van der Waals surface area (Å²) in [6.07, 6.45) is 3.88. The van der Waals surface area contributed by atoms with Crippen LogP contribution in [0.1, 0.15) is 6.42 Å². The lowest BCUT2D eigenvalue weighted by molar-refractivity contribution is -0.122. The molecule has 0 bridgehead atoms. The van der Waals surface area contributed by atoms with Crippen LogP contribution < -0.4 is 10.2 Å². The normalized spacial score (nSPS) is 16.3. The van der Waals surface area contributed by atoms with Gasteiger partial charge in [-0.25, -0.2) is 4.98 Å². The van der Waals surface area contributed by atoms with E-state index in [1.54, 1.807) is 22.9 Å². The largest absolute Gasteiger partial charge is 0.329 e. The lowest BCUT2D eigenvalue weighted by atomic mass is 10.1. The van der Waals surface area contributed by atoms with Crippen LogP contribution in [0.4, 0.5) is 11.4 Å². The van der Waals surface area contributed by atoms with Crippen molar-refractivity contribution in [1.29, 1.82) is 0 Å². The van der Waals surface area contributed by atoms with Crippen LogP contribution >= 0.6 is 27.7 Å². The van der Waals surface area contributed by atoms with Crippen molar-refractivity contribution in [3.63, 3.8) is 0 Å². The summed E-state index contributed by atoms with van der Waals surface area (Å²) in [6.45, 7) is 0.388. The van der Waals surface area contributed by atoms with E-state index in [1.165, 1.54) is 0 Å². The molecule has 0 radical (unpaired) electrons. The van der Waals surface area contributed by atoms with Gasteiger partial charge in [-0.2, -0.15) is 0 Å². The summed E-state index contributed by atoms with van der Waals surface area (Å²) < 4.78 is 2.90. The van der Waals surface area contributed by atoms with Crippen molar-refractivity contribution < 1.29 is 9.59 Å². The van der Waals surface area contributed by atoms with E-state index in [2.05, 4.69) is 26.2 Å². The second-order valence-corrected chi connectivity index (χ2v) is 8.77. The molecule has 6 nitrogen and oxygen atoms in total. The SMILES string of the molecule is Cn1ccnc1Sc1ccc(NC(=O)C2CC(=O)N(c3ccc(Br)cc3)C2)cc1. The molecule has 1 saturated heterocycles. The van der Waals surface area contributed by atoms with E-state index < -0.39 is 0 Å². The van der Waals surface area contributed by atoms with Crippen LogP contribution in [-0.4, -0.2) is 27.9 Å². The summed E-state index contributed by atoms with van der Waals surface area (Å²) in [5, 5.41) is 3.83. The molecule has 1 aliphatic rings. The second kappa shape index (κ2) is 8.42.